The number of nitrogens with zero attached hydrogens (tertiary/aromatic N) is 2. The van der Waals surface area contributed by atoms with Crippen molar-refractivity contribution in [3.05, 3.63) is 81.4 Å². The number of hydrogen-bond acceptors (Lipinski definition) is 6. The average molecular weight is 438 g/mol. The summed E-state index contributed by atoms with van der Waals surface area (Å²) in [6.07, 6.45) is 2.17. The maximum absolute atomic E-state index is 12.7. The minimum absolute atomic E-state index is 0.328. The summed E-state index contributed by atoms with van der Waals surface area (Å²) in [5.74, 6) is 0.304. The highest BCUT2D eigenvalue weighted by Gasteiger charge is 2.21. The predicted molar refractivity (Wildman–Crippen MR) is 122 cm³/mol. The third-order valence-corrected chi connectivity index (χ3v) is 6.49. The summed E-state index contributed by atoms with van der Waals surface area (Å²) in [6, 6.07) is 15.6. The highest BCUT2D eigenvalue weighted by molar-refractivity contribution is 7.20. The lowest BCUT2D eigenvalue weighted by molar-refractivity contribution is 0.0514. The molecule has 152 valence electrons. The van der Waals surface area contributed by atoms with E-state index in [2.05, 4.69) is 15.3 Å². The molecule has 0 fully saturated rings. The van der Waals surface area contributed by atoms with E-state index in [0.717, 1.165) is 32.6 Å². The monoisotopic (exact) mass is 437 g/mol. The molecule has 5 nitrogen and oxygen atoms in total. The first-order valence-electron chi connectivity index (χ1n) is 9.52. The van der Waals surface area contributed by atoms with Crippen molar-refractivity contribution in [1.29, 1.82) is 0 Å². The summed E-state index contributed by atoms with van der Waals surface area (Å²) in [6.45, 7) is 4.17. The first-order chi connectivity index (χ1) is 14.5. The smallest absolute Gasteiger partial charge is 0.348 e. The molecule has 0 bridgehead atoms. The van der Waals surface area contributed by atoms with Crippen molar-refractivity contribution in [3.63, 3.8) is 0 Å². The number of benzene rings is 2. The summed E-state index contributed by atoms with van der Waals surface area (Å²) >= 11 is 7.55. The van der Waals surface area contributed by atoms with E-state index in [-0.39, 0.29) is 5.97 Å². The molecule has 0 atom stereocenters. The summed E-state index contributed by atoms with van der Waals surface area (Å²) in [5.41, 5.74) is 3.73. The van der Waals surface area contributed by atoms with Crippen LogP contribution in [-0.2, 0) is 11.2 Å². The Labute approximate surface area is 183 Å². The van der Waals surface area contributed by atoms with Crippen LogP contribution in [0.15, 0.2) is 54.9 Å². The lowest BCUT2D eigenvalue weighted by atomic mass is 10.1. The van der Waals surface area contributed by atoms with E-state index in [0.29, 0.717) is 28.7 Å². The second-order valence-corrected chi connectivity index (χ2v) is 8.27. The van der Waals surface area contributed by atoms with Gasteiger partial charge in [0, 0.05) is 17.1 Å². The van der Waals surface area contributed by atoms with Crippen LogP contribution >= 0.6 is 22.9 Å². The van der Waals surface area contributed by atoms with Gasteiger partial charge in [-0.2, -0.15) is 0 Å². The third-order valence-electron chi connectivity index (χ3n) is 4.90. The quantitative estimate of drug-likeness (QED) is 0.369. The van der Waals surface area contributed by atoms with Crippen LogP contribution in [0.25, 0.3) is 10.2 Å². The van der Waals surface area contributed by atoms with Crippen LogP contribution in [0.3, 0.4) is 0 Å². The van der Waals surface area contributed by atoms with Crippen LogP contribution in [0.1, 0.15) is 26.4 Å². The fraction of sp³-hybridized carbons (Fsp3) is 0.174. The molecule has 7 heteroatoms. The molecule has 0 spiro atoms. The second kappa shape index (κ2) is 8.81. The van der Waals surface area contributed by atoms with Crippen molar-refractivity contribution in [2.45, 2.75) is 20.3 Å². The third kappa shape index (κ3) is 4.15. The number of carbonyl (C=O) groups excluding carboxylic acids is 1. The molecule has 4 aromatic rings. The number of anilines is 2. The second-order valence-electron chi connectivity index (χ2n) is 6.87. The Balaban J connectivity index is 1.57. The van der Waals surface area contributed by atoms with Crippen LogP contribution in [0.2, 0.25) is 5.02 Å². The number of thiophene rings is 1. The number of aryl methyl sites for hydroxylation is 1. The van der Waals surface area contributed by atoms with Gasteiger partial charge in [0.05, 0.1) is 12.0 Å². The van der Waals surface area contributed by atoms with Crippen molar-refractivity contribution in [3.8, 4) is 0 Å². The largest absolute Gasteiger partial charge is 0.461 e. The van der Waals surface area contributed by atoms with Crippen LogP contribution in [0.4, 0.5) is 11.5 Å². The highest BCUT2D eigenvalue weighted by atomic mass is 35.5. The summed E-state index contributed by atoms with van der Waals surface area (Å²) in [4.78, 5) is 22.7. The number of carbonyl (C=O) groups is 1. The van der Waals surface area contributed by atoms with Crippen LogP contribution in [0, 0.1) is 13.8 Å². The van der Waals surface area contributed by atoms with Crippen molar-refractivity contribution in [1.82, 2.24) is 9.97 Å². The first kappa shape index (κ1) is 20.3. The fourth-order valence-electron chi connectivity index (χ4n) is 3.20. The molecule has 0 aliphatic heterocycles. The van der Waals surface area contributed by atoms with Gasteiger partial charge in [-0.3, -0.25) is 0 Å². The Morgan fingerprint density at radius 2 is 1.87 bits per heavy atom. The molecule has 0 radical (unpaired) electrons. The number of esters is 1. The zero-order valence-electron chi connectivity index (χ0n) is 16.6. The lowest BCUT2D eigenvalue weighted by Crippen LogP contribution is -2.07. The van der Waals surface area contributed by atoms with E-state index >= 15 is 0 Å². The lowest BCUT2D eigenvalue weighted by Gasteiger charge is -2.11. The molecule has 0 saturated heterocycles. The molecule has 2 aromatic carbocycles. The normalized spacial score (nSPS) is 10.9. The Bertz CT molecular complexity index is 1210. The van der Waals surface area contributed by atoms with Crippen LogP contribution in [-0.4, -0.2) is 22.5 Å². The molecule has 2 aromatic heterocycles. The van der Waals surface area contributed by atoms with Gasteiger partial charge in [-0.15, -0.1) is 11.3 Å². The Hall–Kier alpha value is -2.96. The molecular formula is C23H20ClN3O2S. The van der Waals surface area contributed by atoms with Gasteiger partial charge in [0.2, 0.25) is 0 Å². The Morgan fingerprint density at radius 3 is 2.67 bits per heavy atom. The first-order valence-corrected chi connectivity index (χ1v) is 10.7. The molecule has 30 heavy (non-hydrogen) atoms. The number of fused-ring (bicyclic) bond motifs is 1. The number of ether oxygens (including phenoxy) is 1. The van der Waals surface area contributed by atoms with Crippen LogP contribution < -0.4 is 5.32 Å². The number of rotatable bonds is 6. The van der Waals surface area contributed by atoms with Gasteiger partial charge in [-0.1, -0.05) is 48.0 Å². The van der Waals surface area contributed by atoms with Gasteiger partial charge in [-0.05, 0) is 42.7 Å². The maximum atomic E-state index is 12.7. The van der Waals surface area contributed by atoms with Crippen molar-refractivity contribution < 1.29 is 9.53 Å². The Kier molecular flexibility index (Phi) is 5.97. The molecule has 1 N–H and O–H groups in total. The zero-order chi connectivity index (χ0) is 21.1. The maximum Gasteiger partial charge on any atom is 0.348 e. The van der Waals surface area contributed by atoms with E-state index < -0.39 is 0 Å². The molecule has 0 aliphatic carbocycles. The number of halogens is 1. The van der Waals surface area contributed by atoms with E-state index in [1.165, 1.54) is 17.7 Å². The molecule has 0 saturated carbocycles. The van der Waals surface area contributed by atoms with Gasteiger partial charge < -0.3 is 10.1 Å². The molecule has 4 rings (SSSR count). The van der Waals surface area contributed by atoms with Gasteiger partial charge in [0.25, 0.3) is 0 Å². The molecule has 0 aliphatic rings. The number of nitrogens with one attached hydrogen (secondary N) is 1. The number of hydrogen-bond donors (Lipinski definition) is 1. The van der Waals surface area contributed by atoms with Crippen molar-refractivity contribution in [2.24, 2.45) is 0 Å². The summed E-state index contributed by atoms with van der Waals surface area (Å²) in [7, 11) is 0. The molecule has 0 unspecified atom stereocenters. The molecular weight excluding hydrogens is 418 g/mol. The van der Waals surface area contributed by atoms with Gasteiger partial charge in [0.15, 0.2) is 0 Å². The fourth-order valence-corrected chi connectivity index (χ4v) is 4.42. The van der Waals surface area contributed by atoms with Gasteiger partial charge in [0.1, 0.15) is 21.9 Å². The van der Waals surface area contributed by atoms with E-state index in [4.69, 9.17) is 16.3 Å². The summed E-state index contributed by atoms with van der Waals surface area (Å²) < 4.78 is 5.52. The topological polar surface area (TPSA) is 64.1 Å². The van der Waals surface area contributed by atoms with Crippen molar-refractivity contribution >= 4 is 50.6 Å². The molecule has 0 amide bonds. The summed E-state index contributed by atoms with van der Waals surface area (Å²) in [5, 5.41) is 4.83. The zero-order valence-corrected chi connectivity index (χ0v) is 18.2. The van der Waals surface area contributed by atoms with Crippen molar-refractivity contribution in [2.75, 3.05) is 11.9 Å². The minimum atomic E-state index is -0.337. The Morgan fingerprint density at radius 1 is 1.07 bits per heavy atom. The van der Waals surface area contributed by atoms with E-state index in [1.54, 1.807) is 0 Å². The van der Waals surface area contributed by atoms with Gasteiger partial charge >= 0.3 is 5.97 Å². The van der Waals surface area contributed by atoms with Gasteiger partial charge in [-0.25, -0.2) is 14.8 Å². The minimum Gasteiger partial charge on any atom is -0.461 e. The van der Waals surface area contributed by atoms with Crippen LogP contribution in [0.5, 0.6) is 0 Å². The standard InChI is InChI=1S/C23H20ClN3O2S/c1-14-17(24)9-6-10-18(14)27-21-19-15(2)20(30-22(19)26-13-25-21)23(28)29-12-11-16-7-4-3-5-8-16/h3-10,13H,11-12H2,1-2H3,(H,25,26,27). The highest BCUT2D eigenvalue weighted by Crippen LogP contribution is 2.36. The average Bonchev–Trinajstić information content (AvgIpc) is 3.10. The molecule has 2 heterocycles. The predicted octanol–water partition coefficient (Wildman–Crippen LogP) is 6.10. The van der Waals surface area contributed by atoms with E-state index in [1.807, 2.05) is 62.4 Å². The SMILES string of the molecule is Cc1c(Cl)cccc1Nc1ncnc2sc(C(=O)OCCc3ccccc3)c(C)c12. The van der Waals surface area contributed by atoms with E-state index in [9.17, 15) is 4.79 Å². The number of aromatic nitrogens is 2.